The van der Waals surface area contributed by atoms with Gasteiger partial charge in [0.15, 0.2) is 0 Å². The molecule has 0 aromatic carbocycles. The maximum atomic E-state index is 11.9. The van der Waals surface area contributed by atoms with Gasteiger partial charge in [-0.3, -0.25) is 0 Å². The summed E-state index contributed by atoms with van der Waals surface area (Å²) in [5, 5.41) is 14.5. The van der Waals surface area contributed by atoms with E-state index < -0.39 is 18.0 Å². The van der Waals surface area contributed by atoms with Crippen molar-refractivity contribution in [1.29, 1.82) is 0 Å². The minimum absolute atomic E-state index is 0.0998. The molecule has 1 aromatic heterocycles. The number of H-pyrrole nitrogens is 1. The Morgan fingerprint density at radius 2 is 2.24 bits per heavy atom. The molecule has 0 bridgehead atoms. The number of aliphatic carboxylic acids is 1. The third-order valence-electron chi connectivity index (χ3n) is 3.64. The molecule has 1 aliphatic heterocycles. The van der Waals surface area contributed by atoms with Crippen LogP contribution >= 0.6 is 0 Å². The monoisotopic (exact) mass is 295 g/mol. The van der Waals surface area contributed by atoms with E-state index in [0.29, 0.717) is 5.69 Å². The summed E-state index contributed by atoms with van der Waals surface area (Å²) < 4.78 is 0. The lowest BCUT2D eigenvalue weighted by Gasteiger charge is -2.29. The number of carboxylic acids is 1. The summed E-state index contributed by atoms with van der Waals surface area (Å²) in [7, 11) is 2.04. The highest BCUT2D eigenvalue weighted by Crippen LogP contribution is 2.08. The van der Waals surface area contributed by atoms with Crippen LogP contribution in [0.4, 0.5) is 4.79 Å². The topological polar surface area (TPSA) is 110 Å². The van der Waals surface area contributed by atoms with Crippen LogP contribution in [0, 0.1) is 0 Å². The minimum Gasteiger partial charge on any atom is -0.480 e. The Morgan fingerprint density at radius 3 is 2.81 bits per heavy atom. The molecule has 1 aromatic rings. The number of carbonyl (C=O) groups is 2. The van der Waals surface area contributed by atoms with Crippen molar-refractivity contribution in [2.45, 2.75) is 31.3 Å². The fourth-order valence-electron chi connectivity index (χ4n) is 2.35. The molecule has 2 rings (SSSR count). The molecular formula is C13H21N5O3. The molecule has 8 nitrogen and oxygen atoms in total. The highest BCUT2D eigenvalue weighted by Gasteiger charge is 2.23. The largest absolute Gasteiger partial charge is 0.480 e. The second kappa shape index (κ2) is 7.07. The molecule has 0 saturated carbocycles. The quantitative estimate of drug-likeness (QED) is 0.601. The van der Waals surface area contributed by atoms with Crippen molar-refractivity contribution < 1.29 is 14.7 Å². The molecule has 1 atom stereocenters. The predicted molar refractivity (Wildman–Crippen MR) is 75.9 cm³/mol. The van der Waals surface area contributed by atoms with Crippen LogP contribution in [0.3, 0.4) is 0 Å². The van der Waals surface area contributed by atoms with Crippen LogP contribution in [0.25, 0.3) is 0 Å². The number of piperidine rings is 1. The van der Waals surface area contributed by atoms with Crippen LogP contribution in [-0.4, -0.2) is 64.2 Å². The molecule has 4 N–H and O–H groups in total. The first-order chi connectivity index (χ1) is 10.0. The first-order valence-electron chi connectivity index (χ1n) is 7.00. The normalized spacial score (nSPS) is 18.1. The average molecular weight is 295 g/mol. The molecule has 0 spiro atoms. The average Bonchev–Trinajstić information content (AvgIpc) is 2.93. The second-order valence-corrected chi connectivity index (χ2v) is 5.37. The van der Waals surface area contributed by atoms with E-state index in [9.17, 15) is 14.7 Å². The number of carbonyl (C=O) groups excluding carboxylic acids is 1. The summed E-state index contributed by atoms with van der Waals surface area (Å²) in [4.78, 5) is 32.0. The molecule has 1 saturated heterocycles. The maximum absolute atomic E-state index is 11.9. The van der Waals surface area contributed by atoms with Gasteiger partial charge in [0.1, 0.15) is 6.04 Å². The standard InChI is InChI=1S/C13H21N5O3/c1-18-4-2-9(3-5-18)16-13(21)17-11(12(19)20)6-10-7-14-8-15-10/h7-9,11H,2-6H2,1H3,(H,14,15)(H,19,20)(H2,16,17,21)/t11-/m1/s1. The van der Waals surface area contributed by atoms with Crippen LogP contribution in [0.15, 0.2) is 12.5 Å². The number of nitrogens with zero attached hydrogens (tertiary/aromatic N) is 2. The highest BCUT2D eigenvalue weighted by atomic mass is 16.4. The van der Waals surface area contributed by atoms with Crippen molar-refractivity contribution in [2.24, 2.45) is 0 Å². The number of hydrogen-bond acceptors (Lipinski definition) is 4. The zero-order chi connectivity index (χ0) is 15.2. The molecular weight excluding hydrogens is 274 g/mol. The molecule has 21 heavy (non-hydrogen) atoms. The van der Waals surface area contributed by atoms with E-state index in [4.69, 9.17) is 0 Å². The number of urea groups is 1. The SMILES string of the molecule is CN1CCC(NC(=O)N[C@H](Cc2cnc[nH]2)C(=O)O)CC1. The minimum atomic E-state index is -1.07. The van der Waals surface area contributed by atoms with Gasteiger partial charge in [-0.25, -0.2) is 14.6 Å². The van der Waals surface area contributed by atoms with Crippen LogP contribution in [0.1, 0.15) is 18.5 Å². The molecule has 0 radical (unpaired) electrons. The van der Waals surface area contributed by atoms with E-state index in [1.54, 1.807) is 6.20 Å². The Labute approximate surface area is 122 Å². The summed E-state index contributed by atoms with van der Waals surface area (Å²) in [6.45, 7) is 1.86. The van der Waals surface area contributed by atoms with Gasteiger partial charge in [0.05, 0.1) is 6.33 Å². The van der Waals surface area contributed by atoms with E-state index in [-0.39, 0.29) is 12.5 Å². The molecule has 0 unspecified atom stereocenters. The van der Waals surface area contributed by atoms with Gasteiger partial charge in [-0.1, -0.05) is 0 Å². The first kappa shape index (κ1) is 15.3. The predicted octanol–water partition coefficient (Wildman–Crippen LogP) is -0.201. The molecule has 1 fully saturated rings. The van der Waals surface area contributed by atoms with Crippen molar-refractivity contribution in [1.82, 2.24) is 25.5 Å². The van der Waals surface area contributed by atoms with Gasteiger partial charge in [-0.05, 0) is 33.0 Å². The number of aromatic amines is 1. The zero-order valence-corrected chi connectivity index (χ0v) is 12.0. The number of aromatic nitrogens is 2. The van der Waals surface area contributed by atoms with Gasteiger partial charge in [-0.15, -0.1) is 0 Å². The second-order valence-electron chi connectivity index (χ2n) is 5.37. The number of hydrogen-bond donors (Lipinski definition) is 4. The Hall–Kier alpha value is -2.09. The fraction of sp³-hybridized carbons (Fsp3) is 0.615. The lowest BCUT2D eigenvalue weighted by atomic mass is 10.1. The molecule has 116 valence electrons. The Morgan fingerprint density at radius 1 is 1.52 bits per heavy atom. The van der Waals surface area contributed by atoms with E-state index in [0.717, 1.165) is 25.9 Å². The zero-order valence-electron chi connectivity index (χ0n) is 12.0. The Bertz CT molecular complexity index is 468. The van der Waals surface area contributed by atoms with Crippen molar-refractivity contribution >= 4 is 12.0 Å². The summed E-state index contributed by atoms with van der Waals surface area (Å²) in [5.41, 5.74) is 0.669. The van der Waals surface area contributed by atoms with Gasteiger partial charge in [0.25, 0.3) is 0 Å². The van der Waals surface area contributed by atoms with Crippen LogP contribution < -0.4 is 10.6 Å². The van der Waals surface area contributed by atoms with Gasteiger partial charge in [0, 0.05) is 24.4 Å². The smallest absolute Gasteiger partial charge is 0.326 e. The third kappa shape index (κ3) is 4.75. The van der Waals surface area contributed by atoms with E-state index in [1.165, 1.54) is 6.33 Å². The maximum Gasteiger partial charge on any atom is 0.326 e. The number of rotatable bonds is 5. The van der Waals surface area contributed by atoms with Gasteiger partial charge >= 0.3 is 12.0 Å². The molecule has 8 heteroatoms. The summed E-state index contributed by atoms with van der Waals surface area (Å²) in [6, 6.07) is -1.31. The van der Waals surface area contributed by atoms with Gasteiger partial charge in [-0.2, -0.15) is 0 Å². The van der Waals surface area contributed by atoms with Crippen LogP contribution in [0.2, 0.25) is 0 Å². The highest BCUT2D eigenvalue weighted by molar-refractivity contribution is 5.82. The third-order valence-corrected chi connectivity index (χ3v) is 3.64. The van der Waals surface area contributed by atoms with Crippen molar-refractivity contribution in [3.63, 3.8) is 0 Å². The van der Waals surface area contributed by atoms with E-state index in [1.807, 2.05) is 7.05 Å². The number of nitrogens with one attached hydrogen (secondary N) is 3. The number of amides is 2. The Kier molecular flexibility index (Phi) is 5.15. The molecule has 1 aliphatic rings. The number of carboxylic acid groups (broad SMARTS) is 1. The molecule has 2 heterocycles. The Balaban J connectivity index is 1.82. The van der Waals surface area contributed by atoms with Crippen molar-refractivity contribution in [2.75, 3.05) is 20.1 Å². The number of likely N-dealkylation sites (tertiary alicyclic amines) is 1. The van der Waals surface area contributed by atoms with Crippen LogP contribution in [-0.2, 0) is 11.2 Å². The fourth-order valence-corrected chi connectivity index (χ4v) is 2.35. The first-order valence-corrected chi connectivity index (χ1v) is 7.00. The summed E-state index contributed by atoms with van der Waals surface area (Å²) in [6.07, 6.45) is 4.96. The lowest BCUT2D eigenvalue weighted by Crippen LogP contribution is -2.52. The lowest BCUT2D eigenvalue weighted by molar-refractivity contribution is -0.139. The van der Waals surface area contributed by atoms with Gasteiger partial charge < -0.3 is 25.6 Å². The summed E-state index contributed by atoms with van der Waals surface area (Å²) in [5.74, 6) is -1.07. The molecule has 2 amide bonds. The number of imidazole rings is 1. The van der Waals surface area contributed by atoms with E-state index in [2.05, 4.69) is 25.5 Å². The van der Waals surface area contributed by atoms with Crippen LogP contribution in [0.5, 0.6) is 0 Å². The van der Waals surface area contributed by atoms with Crippen molar-refractivity contribution in [3.05, 3.63) is 18.2 Å². The molecule has 0 aliphatic carbocycles. The summed E-state index contributed by atoms with van der Waals surface area (Å²) >= 11 is 0. The van der Waals surface area contributed by atoms with Crippen molar-refractivity contribution in [3.8, 4) is 0 Å². The van der Waals surface area contributed by atoms with E-state index >= 15 is 0 Å². The van der Waals surface area contributed by atoms with Gasteiger partial charge in [0.2, 0.25) is 0 Å².